The lowest BCUT2D eigenvalue weighted by Crippen LogP contribution is -2.39. The average Bonchev–Trinajstić information content (AvgIpc) is 3.27. The predicted molar refractivity (Wildman–Crippen MR) is 127 cm³/mol. The maximum atomic E-state index is 13.4. The summed E-state index contributed by atoms with van der Waals surface area (Å²) in [6.07, 6.45) is 0.900. The van der Waals surface area contributed by atoms with Gasteiger partial charge in [-0.25, -0.2) is 9.97 Å². The molecule has 1 aliphatic heterocycles. The zero-order chi connectivity index (χ0) is 20.4. The van der Waals surface area contributed by atoms with Gasteiger partial charge in [0.25, 0.3) is 5.91 Å². The van der Waals surface area contributed by atoms with Crippen LogP contribution >= 0.6 is 35.1 Å². The summed E-state index contributed by atoms with van der Waals surface area (Å²) < 4.78 is 6.55. The van der Waals surface area contributed by atoms with Crippen molar-refractivity contribution in [3.8, 4) is 0 Å². The van der Waals surface area contributed by atoms with Gasteiger partial charge in [0.1, 0.15) is 4.88 Å². The third-order valence-corrected chi connectivity index (χ3v) is 7.17. The van der Waals surface area contributed by atoms with Gasteiger partial charge in [-0.3, -0.25) is 14.6 Å². The number of carbonyl (C=O) groups excluding carboxylic acids is 1. The summed E-state index contributed by atoms with van der Waals surface area (Å²) in [5.74, 6) is 0.00542. The topological polar surface area (TPSA) is 58.6 Å². The number of thiazole rings is 2. The fourth-order valence-corrected chi connectivity index (χ4v) is 5.51. The Kier molecular flexibility index (Phi) is 7.81. The van der Waals surface area contributed by atoms with Crippen molar-refractivity contribution in [1.29, 1.82) is 0 Å². The lowest BCUT2D eigenvalue weighted by Gasteiger charge is -2.27. The molecule has 1 aliphatic rings. The molecule has 1 amide bonds. The largest absolute Gasteiger partial charge is 0.379 e. The number of amides is 1. The van der Waals surface area contributed by atoms with Crippen molar-refractivity contribution < 1.29 is 9.53 Å². The fourth-order valence-electron chi connectivity index (χ4n) is 3.55. The molecule has 6 nitrogen and oxygen atoms in total. The van der Waals surface area contributed by atoms with Crippen molar-refractivity contribution >= 4 is 56.3 Å². The molecule has 2 aromatic heterocycles. The van der Waals surface area contributed by atoms with Gasteiger partial charge in [-0.15, -0.1) is 23.7 Å². The molecule has 0 saturated carbocycles. The second-order valence-corrected chi connectivity index (χ2v) is 9.59. The van der Waals surface area contributed by atoms with Crippen molar-refractivity contribution in [2.45, 2.75) is 27.2 Å². The minimum absolute atomic E-state index is 0. The first-order valence-electron chi connectivity index (χ1n) is 9.94. The minimum atomic E-state index is 0. The number of halogens is 1. The number of anilines is 1. The second kappa shape index (κ2) is 10.2. The lowest BCUT2D eigenvalue weighted by molar-refractivity contribution is 0.0376. The molecule has 0 spiro atoms. The number of morpholine rings is 1. The Hall–Kier alpha value is -1.58. The Balaban J connectivity index is 0.00000256. The quantitative estimate of drug-likeness (QED) is 0.536. The molecule has 3 heterocycles. The molecule has 0 radical (unpaired) electrons. The van der Waals surface area contributed by atoms with Crippen LogP contribution in [0, 0.1) is 20.8 Å². The summed E-state index contributed by atoms with van der Waals surface area (Å²) in [4.78, 5) is 27.6. The highest BCUT2D eigenvalue weighted by molar-refractivity contribution is 7.22. The van der Waals surface area contributed by atoms with Crippen LogP contribution in [0.1, 0.15) is 32.4 Å². The third kappa shape index (κ3) is 5.18. The zero-order valence-electron chi connectivity index (χ0n) is 17.5. The third-order valence-electron chi connectivity index (χ3n) is 5.07. The Labute approximate surface area is 191 Å². The Morgan fingerprint density at radius 3 is 2.63 bits per heavy atom. The van der Waals surface area contributed by atoms with Crippen molar-refractivity contribution in [1.82, 2.24) is 14.9 Å². The van der Waals surface area contributed by atoms with Crippen LogP contribution < -0.4 is 4.90 Å². The molecule has 9 heteroatoms. The highest BCUT2D eigenvalue weighted by atomic mass is 35.5. The van der Waals surface area contributed by atoms with Gasteiger partial charge in [0.15, 0.2) is 5.13 Å². The molecular formula is C21H27ClN4O2S2. The molecule has 1 fully saturated rings. The summed E-state index contributed by atoms with van der Waals surface area (Å²) in [7, 11) is 0. The molecule has 0 N–H and O–H groups in total. The van der Waals surface area contributed by atoms with Crippen LogP contribution in [-0.2, 0) is 4.74 Å². The number of rotatable bonds is 6. The molecule has 0 atom stereocenters. The fraction of sp³-hybridized carbons (Fsp3) is 0.476. The van der Waals surface area contributed by atoms with Crippen LogP contribution in [0.5, 0.6) is 0 Å². The Morgan fingerprint density at radius 2 is 1.93 bits per heavy atom. The summed E-state index contributed by atoms with van der Waals surface area (Å²) in [6.45, 7) is 11.0. The van der Waals surface area contributed by atoms with E-state index in [1.807, 2.05) is 24.8 Å². The molecule has 3 aromatic rings. The van der Waals surface area contributed by atoms with E-state index in [1.165, 1.54) is 16.9 Å². The maximum Gasteiger partial charge on any atom is 0.272 e. The molecule has 1 saturated heterocycles. The molecule has 1 aromatic carbocycles. The van der Waals surface area contributed by atoms with Gasteiger partial charge < -0.3 is 4.74 Å². The van der Waals surface area contributed by atoms with Gasteiger partial charge in [0, 0.05) is 26.2 Å². The SMILES string of the molecule is Cc1ccc2nc(N(CCCN3CCOCC3)C(=O)c3sc(C)nc3C)sc2c1.Cl. The van der Waals surface area contributed by atoms with E-state index in [-0.39, 0.29) is 18.3 Å². The van der Waals surface area contributed by atoms with Crippen molar-refractivity contribution in [2.24, 2.45) is 0 Å². The lowest BCUT2D eigenvalue weighted by atomic mass is 10.2. The second-order valence-electron chi connectivity index (χ2n) is 7.38. The molecule has 0 bridgehead atoms. The number of aromatic nitrogens is 2. The van der Waals surface area contributed by atoms with Crippen LogP contribution in [0.15, 0.2) is 18.2 Å². The van der Waals surface area contributed by atoms with Crippen LogP contribution in [-0.4, -0.2) is 60.2 Å². The maximum absolute atomic E-state index is 13.4. The van der Waals surface area contributed by atoms with Crippen molar-refractivity contribution in [3.05, 3.63) is 39.3 Å². The molecule has 30 heavy (non-hydrogen) atoms. The van der Waals surface area contributed by atoms with E-state index in [4.69, 9.17) is 9.72 Å². The standard InChI is InChI=1S/C21H26N4O2S2.ClH/c1-14-5-6-17-18(13-14)29-21(23-17)25(8-4-7-24-9-11-27-12-10-24)20(26)19-15(2)22-16(3)28-19;/h5-6,13H,4,7-12H2,1-3H3;1H. The molecule has 162 valence electrons. The van der Waals surface area contributed by atoms with E-state index in [0.717, 1.165) is 65.3 Å². The molecule has 0 aliphatic carbocycles. The Morgan fingerprint density at radius 1 is 1.17 bits per heavy atom. The number of aryl methyl sites for hydroxylation is 3. The van der Waals surface area contributed by atoms with Gasteiger partial charge in [-0.1, -0.05) is 17.4 Å². The first kappa shape index (κ1) is 23.1. The van der Waals surface area contributed by atoms with Gasteiger partial charge >= 0.3 is 0 Å². The number of fused-ring (bicyclic) bond motifs is 1. The van der Waals surface area contributed by atoms with Gasteiger partial charge in [0.05, 0.1) is 34.1 Å². The molecule has 0 unspecified atom stereocenters. The Bertz CT molecular complexity index is 1010. The summed E-state index contributed by atoms with van der Waals surface area (Å²) in [5.41, 5.74) is 2.94. The predicted octanol–water partition coefficient (Wildman–Crippen LogP) is 4.47. The van der Waals surface area contributed by atoms with E-state index in [9.17, 15) is 4.79 Å². The van der Waals surface area contributed by atoms with Gasteiger partial charge in [-0.2, -0.15) is 0 Å². The smallest absolute Gasteiger partial charge is 0.272 e. The molecule has 4 rings (SSSR count). The summed E-state index contributed by atoms with van der Waals surface area (Å²) in [5, 5.41) is 1.68. The summed E-state index contributed by atoms with van der Waals surface area (Å²) in [6, 6.07) is 6.23. The normalized spacial score (nSPS) is 14.6. The van der Waals surface area contributed by atoms with Crippen LogP contribution in [0.25, 0.3) is 10.2 Å². The van der Waals surface area contributed by atoms with E-state index in [2.05, 4.69) is 28.9 Å². The van der Waals surface area contributed by atoms with Crippen LogP contribution in [0.2, 0.25) is 0 Å². The highest BCUT2D eigenvalue weighted by Gasteiger charge is 2.25. The van der Waals surface area contributed by atoms with Gasteiger partial charge in [0.2, 0.25) is 0 Å². The first-order chi connectivity index (χ1) is 14.0. The minimum Gasteiger partial charge on any atom is -0.379 e. The van der Waals surface area contributed by atoms with Crippen LogP contribution in [0.4, 0.5) is 5.13 Å². The average molecular weight is 467 g/mol. The van der Waals surface area contributed by atoms with E-state index >= 15 is 0 Å². The van der Waals surface area contributed by atoms with Gasteiger partial charge in [-0.05, 0) is 44.9 Å². The number of benzene rings is 1. The number of hydrogen-bond donors (Lipinski definition) is 0. The number of ether oxygens (including phenoxy) is 1. The zero-order valence-corrected chi connectivity index (χ0v) is 20.0. The monoisotopic (exact) mass is 466 g/mol. The van der Waals surface area contributed by atoms with E-state index in [1.54, 1.807) is 11.3 Å². The van der Waals surface area contributed by atoms with Crippen molar-refractivity contribution in [3.63, 3.8) is 0 Å². The van der Waals surface area contributed by atoms with E-state index in [0.29, 0.717) is 11.4 Å². The number of hydrogen-bond acceptors (Lipinski definition) is 7. The van der Waals surface area contributed by atoms with Crippen LogP contribution in [0.3, 0.4) is 0 Å². The number of carbonyl (C=O) groups is 1. The molecular weight excluding hydrogens is 440 g/mol. The van der Waals surface area contributed by atoms with E-state index < -0.39 is 0 Å². The highest BCUT2D eigenvalue weighted by Crippen LogP contribution is 2.31. The number of nitrogens with zero attached hydrogens (tertiary/aromatic N) is 4. The van der Waals surface area contributed by atoms with Crippen molar-refractivity contribution in [2.75, 3.05) is 44.3 Å². The first-order valence-corrected chi connectivity index (χ1v) is 11.6. The summed E-state index contributed by atoms with van der Waals surface area (Å²) >= 11 is 3.05.